The molecule has 0 aliphatic carbocycles. The van der Waals surface area contributed by atoms with Crippen LogP contribution in [0.25, 0.3) is 21.8 Å². The lowest BCUT2D eigenvalue weighted by Crippen LogP contribution is -2.00. The lowest BCUT2D eigenvalue weighted by molar-refractivity contribution is 0.337. The molecular weight excluding hydrogens is 382 g/mol. The van der Waals surface area contributed by atoms with Crippen molar-refractivity contribution >= 4 is 11.3 Å². The van der Waals surface area contributed by atoms with E-state index in [1.54, 1.807) is 17.4 Å². The smallest absolute Gasteiger partial charge is 0.129 e. The summed E-state index contributed by atoms with van der Waals surface area (Å²) in [7, 11) is 0. The van der Waals surface area contributed by atoms with Crippen molar-refractivity contribution in [2.75, 3.05) is 6.61 Å². The average molecular weight is 406 g/mol. The van der Waals surface area contributed by atoms with Gasteiger partial charge in [0.1, 0.15) is 22.2 Å². The largest absolute Gasteiger partial charge is 0.507 e. The van der Waals surface area contributed by atoms with E-state index in [0.29, 0.717) is 24.5 Å². The number of thiazole rings is 1. The van der Waals surface area contributed by atoms with Crippen molar-refractivity contribution in [3.05, 3.63) is 70.9 Å². The van der Waals surface area contributed by atoms with Crippen LogP contribution >= 0.6 is 11.3 Å². The molecule has 0 saturated heterocycles. The van der Waals surface area contributed by atoms with Gasteiger partial charge in [-0.25, -0.2) is 4.98 Å². The van der Waals surface area contributed by atoms with Crippen LogP contribution in [0.1, 0.15) is 23.7 Å². The summed E-state index contributed by atoms with van der Waals surface area (Å²) in [5.74, 6) is 0.814. The van der Waals surface area contributed by atoms with Crippen molar-refractivity contribution in [2.45, 2.75) is 27.3 Å². The van der Waals surface area contributed by atoms with Crippen molar-refractivity contribution in [3.8, 4) is 33.3 Å². The molecule has 0 aliphatic heterocycles. The van der Waals surface area contributed by atoms with Crippen molar-refractivity contribution < 1.29 is 9.84 Å². The number of aromatic nitrogens is 3. The van der Waals surface area contributed by atoms with Crippen LogP contribution in [-0.2, 0) is 6.54 Å². The van der Waals surface area contributed by atoms with Crippen LogP contribution in [0.4, 0.5) is 0 Å². The third kappa shape index (κ3) is 4.03. The first-order valence-corrected chi connectivity index (χ1v) is 10.4. The van der Waals surface area contributed by atoms with Gasteiger partial charge < -0.3 is 9.84 Å². The van der Waals surface area contributed by atoms with E-state index in [1.165, 1.54) is 0 Å². The number of hydrogen-bond donors (Lipinski definition) is 1. The molecule has 0 fully saturated rings. The number of nitrogens with zero attached hydrogens (tertiary/aromatic N) is 3. The molecular formula is C23H23N3O2S. The Morgan fingerprint density at radius 2 is 1.93 bits per heavy atom. The van der Waals surface area contributed by atoms with Gasteiger partial charge in [-0.1, -0.05) is 30.3 Å². The van der Waals surface area contributed by atoms with Gasteiger partial charge in [-0.05, 0) is 38.0 Å². The minimum absolute atomic E-state index is 0.160. The van der Waals surface area contributed by atoms with Crippen LogP contribution in [-0.4, -0.2) is 26.5 Å². The van der Waals surface area contributed by atoms with E-state index in [2.05, 4.69) is 17.1 Å². The second kappa shape index (κ2) is 8.09. The third-order valence-corrected chi connectivity index (χ3v) is 5.63. The summed E-state index contributed by atoms with van der Waals surface area (Å²) in [5, 5.41) is 18.5. The zero-order chi connectivity index (χ0) is 20.4. The van der Waals surface area contributed by atoms with Crippen LogP contribution < -0.4 is 4.74 Å². The first-order chi connectivity index (χ1) is 14.0. The van der Waals surface area contributed by atoms with E-state index in [-0.39, 0.29) is 5.75 Å². The Balaban J connectivity index is 1.83. The SMILES string of the molecule is CCOc1cc(C)c(-c2nn(Cc3ccccc3)cc2-c2nc(C)cs2)c(O)c1. The summed E-state index contributed by atoms with van der Waals surface area (Å²) < 4.78 is 7.47. The Kier molecular flexibility index (Phi) is 5.36. The van der Waals surface area contributed by atoms with Crippen LogP contribution in [0, 0.1) is 13.8 Å². The van der Waals surface area contributed by atoms with Crippen LogP contribution in [0.5, 0.6) is 11.5 Å². The maximum atomic E-state index is 10.8. The second-order valence-corrected chi connectivity index (χ2v) is 7.79. The maximum Gasteiger partial charge on any atom is 0.129 e. The molecule has 0 aliphatic rings. The highest BCUT2D eigenvalue weighted by atomic mass is 32.1. The molecule has 0 bridgehead atoms. The van der Waals surface area contributed by atoms with Gasteiger partial charge in [0, 0.05) is 28.9 Å². The minimum Gasteiger partial charge on any atom is -0.507 e. The predicted molar refractivity (Wildman–Crippen MR) is 117 cm³/mol. The summed E-state index contributed by atoms with van der Waals surface area (Å²) in [5.41, 5.74) is 5.40. The maximum absolute atomic E-state index is 10.8. The molecule has 5 nitrogen and oxygen atoms in total. The molecule has 0 atom stereocenters. The molecule has 6 heteroatoms. The van der Waals surface area contributed by atoms with Crippen LogP contribution in [0.2, 0.25) is 0 Å². The molecule has 29 heavy (non-hydrogen) atoms. The Bertz CT molecular complexity index is 1110. The summed E-state index contributed by atoms with van der Waals surface area (Å²) in [4.78, 5) is 4.65. The fraction of sp³-hybridized carbons (Fsp3) is 0.217. The van der Waals surface area contributed by atoms with E-state index in [0.717, 1.165) is 33.1 Å². The second-order valence-electron chi connectivity index (χ2n) is 6.94. The van der Waals surface area contributed by atoms with E-state index < -0.39 is 0 Å². The Hall–Kier alpha value is -3.12. The molecule has 1 N–H and O–H groups in total. The predicted octanol–water partition coefficient (Wildman–Crippen LogP) is 5.44. The van der Waals surface area contributed by atoms with Gasteiger partial charge in [-0.2, -0.15) is 5.10 Å². The molecule has 2 aromatic heterocycles. The number of aromatic hydroxyl groups is 1. The summed E-state index contributed by atoms with van der Waals surface area (Å²) in [6.45, 7) is 7.06. The first-order valence-electron chi connectivity index (χ1n) is 9.55. The van der Waals surface area contributed by atoms with Gasteiger partial charge in [-0.3, -0.25) is 4.68 Å². The molecule has 148 valence electrons. The van der Waals surface area contributed by atoms with Gasteiger partial charge in [0.05, 0.1) is 18.7 Å². The van der Waals surface area contributed by atoms with E-state index in [1.807, 2.05) is 61.3 Å². The minimum atomic E-state index is 0.160. The molecule has 0 spiro atoms. The average Bonchev–Trinajstić information content (AvgIpc) is 3.29. The van der Waals surface area contributed by atoms with Gasteiger partial charge >= 0.3 is 0 Å². The number of phenols is 1. The Labute approximate surface area is 174 Å². The number of ether oxygens (including phenoxy) is 1. The van der Waals surface area contributed by atoms with Crippen molar-refractivity contribution in [2.24, 2.45) is 0 Å². The Morgan fingerprint density at radius 1 is 1.14 bits per heavy atom. The van der Waals surface area contributed by atoms with E-state index in [9.17, 15) is 5.11 Å². The number of hydrogen-bond acceptors (Lipinski definition) is 5. The zero-order valence-electron chi connectivity index (χ0n) is 16.7. The van der Waals surface area contributed by atoms with Gasteiger partial charge in [0.25, 0.3) is 0 Å². The molecule has 4 rings (SSSR count). The molecule has 2 aromatic carbocycles. The Morgan fingerprint density at radius 3 is 2.59 bits per heavy atom. The highest BCUT2D eigenvalue weighted by Crippen LogP contribution is 2.41. The number of rotatable bonds is 6. The molecule has 0 radical (unpaired) electrons. The summed E-state index contributed by atoms with van der Waals surface area (Å²) in [6, 6.07) is 13.8. The number of aryl methyl sites for hydroxylation is 2. The van der Waals surface area contributed by atoms with Crippen LogP contribution in [0.3, 0.4) is 0 Å². The van der Waals surface area contributed by atoms with Gasteiger partial charge in [0.15, 0.2) is 0 Å². The number of benzene rings is 2. The zero-order valence-corrected chi connectivity index (χ0v) is 17.5. The molecule has 0 amide bonds. The molecule has 0 unspecified atom stereocenters. The molecule has 0 saturated carbocycles. The fourth-order valence-electron chi connectivity index (χ4n) is 3.39. The highest BCUT2D eigenvalue weighted by Gasteiger charge is 2.21. The van der Waals surface area contributed by atoms with E-state index >= 15 is 0 Å². The van der Waals surface area contributed by atoms with Crippen molar-refractivity contribution in [1.82, 2.24) is 14.8 Å². The quantitative estimate of drug-likeness (QED) is 0.464. The lowest BCUT2D eigenvalue weighted by atomic mass is 10.0. The van der Waals surface area contributed by atoms with Crippen molar-refractivity contribution in [3.63, 3.8) is 0 Å². The third-order valence-electron chi connectivity index (χ3n) is 4.63. The van der Waals surface area contributed by atoms with Crippen molar-refractivity contribution in [1.29, 1.82) is 0 Å². The standard InChI is InChI=1S/C23H23N3O2S/c1-4-28-18-10-15(2)21(20(27)11-18)22-19(23-24-16(3)14-29-23)13-26(25-22)12-17-8-6-5-7-9-17/h5-11,13-14,27H,4,12H2,1-3H3. The van der Waals surface area contributed by atoms with E-state index in [4.69, 9.17) is 9.84 Å². The highest BCUT2D eigenvalue weighted by molar-refractivity contribution is 7.13. The monoisotopic (exact) mass is 405 g/mol. The molecule has 4 aromatic rings. The number of phenolic OH excluding ortho intramolecular Hbond substituents is 1. The lowest BCUT2D eigenvalue weighted by Gasteiger charge is -2.11. The van der Waals surface area contributed by atoms with Gasteiger partial charge in [0.2, 0.25) is 0 Å². The fourth-order valence-corrected chi connectivity index (χ4v) is 4.19. The summed E-state index contributed by atoms with van der Waals surface area (Å²) >= 11 is 1.58. The topological polar surface area (TPSA) is 60.2 Å². The molecule has 2 heterocycles. The summed E-state index contributed by atoms with van der Waals surface area (Å²) in [6.07, 6.45) is 2.01. The first kappa shape index (κ1) is 19.2. The normalized spacial score (nSPS) is 11.0. The van der Waals surface area contributed by atoms with Crippen LogP contribution in [0.15, 0.2) is 54.0 Å². The van der Waals surface area contributed by atoms with Gasteiger partial charge in [-0.15, -0.1) is 11.3 Å².